The lowest BCUT2D eigenvalue weighted by molar-refractivity contribution is 0.0691. The van der Waals surface area contributed by atoms with E-state index in [2.05, 4.69) is 36.4 Å². The first-order valence-corrected chi connectivity index (χ1v) is 6.55. The maximum atomic E-state index is 11.5. The van der Waals surface area contributed by atoms with Crippen molar-refractivity contribution in [2.24, 2.45) is 5.41 Å². The molecule has 0 aromatic carbocycles. The van der Waals surface area contributed by atoms with E-state index in [0.29, 0.717) is 19.6 Å². The molecule has 0 aliphatic rings. The second kappa shape index (κ2) is 6.93. The smallest absolute Gasteiger partial charge is 0.356 e. The summed E-state index contributed by atoms with van der Waals surface area (Å²) in [6.45, 7) is 7.87. The summed E-state index contributed by atoms with van der Waals surface area (Å²) in [7, 11) is 0. The van der Waals surface area contributed by atoms with Crippen LogP contribution in [0.3, 0.4) is 0 Å². The van der Waals surface area contributed by atoms with E-state index in [1.165, 1.54) is 12.5 Å². The van der Waals surface area contributed by atoms with Gasteiger partial charge in [-0.3, -0.25) is 0 Å². The van der Waals surface area contributed by atoms with Gasteiger partial charge in [0.15, 0.2) is 5.69 Å². The van der Waals surface area contributed by atoms with Gasteiger partial charge in [0.05, 0.1) is 6.33 Å². The van der Waals surface area contributed by atoms with Crippen molar-refractivity contribution in [1.82, 2.24) is 20.2 Å². The number of carbonyl (C=O) groups is 2. The third kappa shape index (κ3) is 6.21. The highest BCUT2D eigenvalue weighted by Gasteiger charge is 2.10. The zero-order chi connectivity index (χ0) is 15.2. The summed E-state index contributed by atoms with van der Waals surface area (Å²) >= 11 is 0. The third-order valence-corrected chi connectivity index (χ3v) is 2.67. The quantitative estimate of drug-likeness (QED) is 0.733. The Morgan fingerprint density at radius 1 is 1.30 bits per heavy atom. The van der Waals surface area contributed by atoms with Gasteiger partial charge in [-0.1, -0.05) is 20.8 Å². The van der Waals surface area contributed by atoms with E-state index in [-0.39, 0.29) is 17.1 Å². The number of urea groups is 1. The average Bonchev–Trinajstić information content (AvgIpc) is 2.76. The molecule has 0 fully saturated rings. The van der Waals surface area contributed by atoms with Crippen LogP contribution in [0.4, 0.5) is 4.79 Å². The highest BCUT2D eigenvalue weighted by molar-refractivity contribution is 5.84. The molecule has 0 saturated heterocycles. The molecular formula is C13H22N4O3. The number of nitrogens with zero attached hydrogens (tertiary/aromatic N) is 2. The standard InChI is InChI=1S/C13H22N4O3/c1-13(2,3)4-5-14-12(20)15-6-7-17-8-10(11(18)19)16-9-17/h8-9H,4-7H2,1-3H3,(H,18,19)(H2,14,15,20). The van der Waals surface area contributed by atoms with Crippen molar-refractivity contribution < 1.29 is 14.7 Å². The summed E-state index contributed by atoms with van der Waals surface area (Å²) in [5, 5.41) is 14.2. The number of nitrogens with one attached hydrogen (secondary N) is 2. The Kier molecular flexibility index (Phi) is 5.54. The fraction of sp³-hybridized carbons (Fsp3) is 0.615. The van der Waals surface area contributed by atoms with Crippen molar-refractivity contribution in [1.29, 1.82) is 0 Å². The number of aromatic nitrogens is 2. The lowest BCUT2D eigenvalue weighted by atomic mass is 9.92. The van der Waals surface area contributed by atoms with Gasteiger partial charge in [0.25, 0.3) is 0 Å². The van der Waals surface area contributed by atoms with Gasteiger partial charge < -0.3 is 20.3 Å². The molecule has 20 heavy (non-hydrogen) atoms. The fourth-order valence-corrected chi connectivity index (χ4v) is 1.50. The summed E-state index contributed by atoms with van der Waals surface area (Å²) in [6.07, 6.45) is 3.77. The number of rotatable bonds is 6. The first kappa shape index (κ1) is 16.0. The summed E-state index contributed by atoms with van der Waals surface area (Å²) in [5.41, 5.74) is 0.191. The topological polar surface area (TPSA) is 96.3 Å². The lowest BCUT2D eigenvalue weighted by Crippen LogP contribution is -2.38. The van der Waals surface area contributed by atoms with Gasteiger partial charge in [0.2, 0.25) is 0 Å². The minimum Gasteiger partial charge on any atom is -0.476 e. The summed E-state index contributed by atoms with van der Waals surface area (Å²) < 4.78 is 1.62. The van der Waals surface area contributed by atoms with Gasteiger partial charge in [-0.05, 0) is 11.8 Å². The SMILES string of the molecule is CC(C)(C)CCNC(=O)NCCn1cnc(C(=O)O)c1. The Morgan fingerprint density at radius 3 is 2.50 bits per heavy atom. The molecule has 2 amide bonds. The lowest BCUT2D eigenvalue weighted by Gasteiger charge is -2.18. The van der Waals surface area contributed by atoms with Crippen LogP contribution in [0, 0.1) is 5.41 Å². The minimum atomic E-state index is -1.06. The van der Waals surface area contributed by atoms with Crippen molar-refractivity contribution >= 4 is 12.0 Å². The number of hydrogen-bond acceptors (Lipinski definition) is 3. The van der Waals surface area contributed by atoms with E-state index < -0.39 is 5.97 Å². The number of carboxylic acids is 1. The van der Waals surface area contributed by atoms with Crippen molar-refractivity contribution in [3.05, 3.63) is 18.2 Å². The summed E-state index contributed by atoms with van der Waals surface area (Å²) in [4.78, 5) is 25.9. The molecule has 1 aromatic heterocycles. The van der Waals surface area contributed by atoms with E-state index in [4.69, 9.17) is 5.11 Å². The summed E-state index contributed by atoms with van der Waals surface area (Å²) in [5.74, 6) is -1.06. The fourth-order valence-electron chi connectivity index (χ4n) is 1.50. The van der Waals surface area contributed by atoms with Crippen molar-refractivity contribution in [2.45, 2.75) is 33.7 Å². The molecule has 1 rings (SSSR count). The largest absolute Gasteiger partial charge is 0.476 e. The van der Waals surface area contributed by atoms with Crippen LogP contribution in [0.15, 0.2) is 12.5 Å². The maximum absolute atomic E-state index is 11.5. The highest BCUT2D eigenvalue weighted by Crippen LogP contribution is 2.16. The van der Waals surface area contributed by atoms with Crippen molar-refractivity contribution in [3.8, 4) is 0 Å². The molecule has 0 spiro atoms. The molecule has 1 heterocycles. The number of imidazole rings is 1. The van der Waals surface area contributed by atoms with Crippen molar-refractivity contribution in [2.75, 3.05) is 13.1 Å². The Labute approximate surface area is 118 Å². The third-order valence-electron chi connectivity index (χ3n) is 2.67. The molecule has 0 radical (unpaired) electrons. The van der Waals surface area contributed by atoms with E-state index in [0.717, 1.165) is 6.42 Å². The van der Waals surface area contributed by atoms with Crippen LogP contribution in [-0.4, -0.2) is 39.7 Å². The number of carbonyl (C=O) groups excluding carboxylic acids is 1. The van der Waals surface area contributed by atoms with Crippen molar-refractivity contribution in [3.63, 3.8) is 0 Å². The predicted molar refractivity (Wildman–Crippen MR) is 74.7 cm³/mol. The first-order valence-electron chi connectivity index (χ1n) is 6.55. The number of aromatic carboxylic acids is 1. The Bertz CT molecular complexity index is 462. The Morgan fingerprint density at radius 2 is 1.95 bits per heavy atom. The van der Waals surface area contributed by atoms with Crippen LogP contribution >= 0.6 is 0 Å². The second-order valence-electron chi connectivity index (χ2n) is 5.80. The normalized spacial score (nSPS) is 11.2. The Hall–Kier alpha value is -2.05. The van der Waals surface area contributed by atoms with Crippen LogP contribution < -0.4 is 10.6 Å². The van der Waals surface area contributed by atoms with E-state index in [1.807, 2.05) is 0 Å². The van der Waals surface area contributed by atoms with Gasteiger partial charge >= 0.3 is 12.0 Å². The molecule has 0 atom stereocenters. The number of amides is 2. The Balaban J connectivity index is 2.19. The van der Waals surface area contributed by atoms with Crippen LogP contribution in [0.2, 0.25) is 0 Å². The molecule has 7 nitrogen and oxygen atoms in total. The molecule has 0 unspecified atom stereocenters. The van der Waals surface area contributed by atoms with E-state index in [1.54, 1.807) is 4.57 Å². The number of hydrogen-bond donors (Lipinski definition) is 3. The second-order valence-corrected chi connectivity index (χ2v) is 5.80. The maximum Gasteiger partial charge on any atom is 0.356 e. The van der Waals surface area contributed by atoms with Crippen LogP contribution in [0.25, 0.3) is 0 Å². The van der Waals surface area contributed by atoms with E-state index >= 15 is 0 Å². The van der Waals surface area contributed by atoms with Crippen LogP contribution in [0.5, 0.6) is 0 Å². The molecule has 0 bridgehead atoms. The van der Waals surface area contributed by atoms with Gasteiger partial charge in [0.1, 0.15) is 0 Å². The van der Waals surface area contributed by atoms with Crippen LogP contribution in [-0.2, 0) is 6.54 Å². The molecular weight excluding hydrogens is 260 g/mol. The van der Waals surface area contributed by atoms with Gasteiger partial charge in [-0.15, -0.1) is 0 Å². The zero-order valence-electron chi connectivity index (χ0n) is 12.1. The average molecular weight is 282 g/mol. The number of carboxylic acid groups (broad SMARTS) is 1. The monoisotopic (exact) mass is 282 g/mol. The molecule has 7 heteroatoms. The molecule has 3 N–H and O–H groups in total. The van der Waals surface area contributed by atoms with Gasteiger partial charge in [-0.25, -0.2) is 14.6 Å². The van der Waals surface area contributed by atoms with E-state index in [9.17, 15) is 9.59 Å². The molecule has 0 aliphatic carbocycles. The predicted octanol–water partition coefficient (Wildman–Crippen LogP) is 1.32. The highest BCUT2D eigenvalue weighted by atomic mass is 16.4. The zero-order valence-corrected chi connectivity index (χ0v) is 12.1. The van der Waals surface area contributed by atoms with Gasteiger partial charge in [0, 0.05) is 25.8 Å². The summed E-state index contributed by atoms with van der Waals surface area (Å²) in [6, 6.07) is -0.215. The van der Waals surface area contributed by atoms with Crippen LogP contribution in [0.1, 0.15) is 37.7 Å². The molecule has 0 saturated carbocycles. The molecule has 112 valence electrons. The minimum absolute atomic E-state index is 0.000344. The molecule has 0 aliphatic heterocycles. The first-order chi connectivity index (χ1) is 9.28. The van der Waals surface area contributed by atoms with Gasteiger partial charge in [-0.2, -0.15) is 0 Å². The molecule has 1 aromatic rings.